The Kier molecular flexibility index (Phi) is 9.18. The van der Waals surface area contributed by atoms with Gasteiger partial charge in [0.1, 0.15) is 0 Å². The van der Waals surface area contributed by atoms with E-state index in [0.717, 1.165) is 18.4 Å². The van der Waals surface area contributed by atoms with Gasteiger partial charge in [-0.2, -0.15) is 0 Å². The fourth-order valence-corrected chi connectivity index (χ4v) is 2.57. The summed E-state index contributed by atoms with van der Waals surface area (Å²) >= 11 is 0. The minimum absolute atomic E-state index is 0.0215. The summed E-state index contributed by atoms with van der Waals surface area (Å²) in [6, 6.07) is 6.71. The van der Waals surface area contributed by atoms with Crippen molar-refractivity contribution in [3.63, 3.8) is 0 Å². The Morgan fingerprint density at radius 3 is 2.75 bits per heavy atom. The summed E-state index contributed by atoms with van der Waals surface area (Å²) < 4.78 is 14.9. The summed E-state index contributed by atoms with van der Waals surface area (Å²) in [4.78, 5) is 29.2. The molecule has 136 valence electrons. The third-order valence-corrected chi connectivity index (χ3v) is 4.06. The molecular weight excluding hydrogens is 331 g/mol. The highest BCUT2D eigenvalue weighted by atomic mass is 31.2. The molecule has 1 aromatic carbocycles. The summed E-state index contributed by atoms with van der Waals surface area (Å²) in [6.45, 7) is 1.89. The maximum absolute atomic E-state index is 12.0. The molecule has 0 aromatic heterocycles. The summed E-state index contributed by atoms with van der Waals surface area (Å²) in [5.74, 6) is -0.410. The number of nitrogens with one attached hydrogen (secondary N) is 1. The molecule has 0 heterocycles. The Balaban J connectivity index is 2.44. The lowest BCUT2D eigenvalue weighted by atomic mass is 10.1. The van der Waals surface area contributed by atoms with Crippen LogP contribution < -0.4 is 11.1 Å². The molecule has 1 rings (SSSR count). The number of nitrogens with two attached hydrogens (primary N) is 1. The molecule has 8 heteroatoms. The Morgan fingerprint density at radius 2 is 2.08 bits per heavy atom. The van der Waals surface area contributed by atoms with Gasteiger partial charge in [-0.05, 0) is 37.0 Å². The van der Waals surface area contributed by atoms with E-state index in [1.165, 1.54) is 19.3 Å². The van der Waals surface area contributed by atoms with E-state index in [9.17, 15) is 9.36 Å². The van der Waals surface area contributed by atoms with Crippen LogP contribution >= 0.6 is 7.82 Å². The molecule has 0 fully saturated rings. The van der Waals surface area contributed by atoms with Crippen LogP contribution in [0.4, 0.5) is 5.69 Å². The molecule has 0 radical (unpaired) electrons. The van der Waals surface area contributed by atoms with Crippen LogP contribution in [0.5, 0.6) is 0 Å². The molecule has 0 saturated heterocycles. The van der Waals surface area contributed by atoms with E-state index in [0.29, 0.717) is 5.69 Å². The first-order chi connectivity index (χ1) is 11.3. The van der Waals surface area contributed by atoms with Crippen molar-refractivity contribution < 1.29 is 23.7 Å². The van der Waals surface area contributed by atoms with Crippen LogP contribution in [0.2, 0.25) is 0 Å². The number of aryl methyl sites for hydroxylation is 1. The van der Waals surface area contributed by atoms with Crippen molar-refractivity contribution in [2.75, 3.05) is 11.9 Å². The molecule has 0 aliphatic heterocycles. The van der Waals surface area contributed by atoms with Gasteiger partial charge < -0.3 is 20.8 Å². The highest BCUT2D eigenvalue weighted by Crippen LogP contribution is 2.35. The first-order valence-electron chi connectivity index (χ1n) is 8.17. The van der Waals surface area contributed by atoms with Crippen LogP contribution in [-0.4, -0.2) is 28.3 Å². The predicted molar refractivity (Wildman–Crippen MR) is 93.5 cm³/mol. The van der Waals surface area contributed by atoms with Crippen molar-refractivity contribution in [1.82, 2.24) is 0 Å². The SMILES string of the molecule is CCCCCCc1cccc(NC(=O)C(N)CCOP(=O)(O)O)c1. The number of carbonyl (C=O) groups is 1. The number of benzene rings is 1. The van der Waals surface area contributed by atoms with Crippen LogP contribution in [-0.2, 0) is 20.3 Å². The van der Waals surface area contributed by atoms with Gasteiger partial charge in [0.05, 0.1) is 12.6 Å². The zero-order valence-corrected chi connectivity index (χ0v) is 14.9. The lowest BCUT2D eigenvalue weighted by Gasteiger charge is -2.13. The van der Waals surface area contributed by atoms with E-state index in [1.54, 1.807) is 6.07 Å². The van der Waals surface area contributed by atoms with Crippen LogP contribution in [0.1, 0.15) is 44.6 Å². The van der Waals surface area contributed by atoms with Crippen molar-refractivity contribution in [3.05, 3.63) is 29.8 Å². The van der Waals surface area contributed by atoms with Gasteiger partial charge in [-0.25, -0.2) is 4.57 Å². The number of unbranched alkanes of at least 4 members (excludes halogenated alkanes) is 3. The zero-order chi connectivity index (χ0) is 18.0. The second-order valence-corrected chi connectivity index (χ2v) is 6.96. The molecule has 0 bridgehead atoms. The summed E-state index contributed by atoms with van der Waals surface area (Å²) in [5, 5.41) is 2.72. The quantitative estimate of drug-likeness (QED) is 0.356. The van der Waals surface area contributed by atoms with E-state index in [-0.39, 0.29) is 13.0 Å². The number of phosphoric ester groups is 1. The Labute approximate surface area is 142 Å². The van der Waals surface area contributed by atoms with E-state index in [1.807, 2.05) is 18.2 Å². The van der Waals surface area contributed by atoms with Gasteiger partial charge in [-0.1, -0.05) is 38.3 Å². The average molecular weight is 358 g/mol. The minimum atomic E-state index is -4.53. The Bertz CT molecular complexity index is 561. The Hall–Kier alpha value is -1.24. The largest absolute Gasteiger partial charge is 0.469 e. The summed E-state index contributed by atoms with van der Waals surface area (Å²) in [6.07, 6.45) is 5.71. The van der Waals surface area contributed by atoms with Gasteiger partial charge in [0.15, 0.2) is 0 Å². The first-order valence-corrected chi connectivity index (χ1v) is 9.70. The molecule has 0 aliphatic rings. The third-order valence-electron chi connectivity index (χ3n) is 3.54. The van der Waals surface area contributed by atoms with Gasteiger partial charge in [-0.3, -0.25) is 9.32 Å². The highest BCUT2D eigenvalue weighted by molar-refractivity contribution is 7.46. The molecule has 1 atom stereocenters. The first kappa shape index (κ1) is 20.8. The molecule has 0 aliphatic carbocycles. The maximum atomic E-state index is 12.0. The number of carbonyl (C=O) groups excluding carboxylic acids is 1. The number of hydrogen-bond acceptors (Lipinski definition) is 4. The van der Waals surface area contributed by atoms with Gasteiger partial charge in [-0.15, -0.1) is 0 Å². The maximum Gasteiger partial charge on any atom is 0.469 e. The number of rotatable bonds is 11. The Morgan fingerprint density at radius 1 is 1.33 bits per heavy atom. The lowest BCUT2D eigenvalue weighted by molar-refractivity contribution is -0.117. The smallest absolute Gasteiger partial charge is 0.325 e. The molecule has 1 unspecified atom stereocenters. The molecule has 24 heavy (non-hydrogen) atoms. The molecule has 7 nitrogen and oxygen atoms in total. The zero-order valence-electron chi connectivity index (χ0n) is 14.0. The molecule has 1 aromatic rings. The highest BCUT2D eigenvalue weighted by Gasteiger charge is 2.18. The second-order valence-electron chi connectivity index (χ2n) is 5.72. The molecule has 1 amide bonds. The molecule has 5 N–H and O–H groups in total. The molecular formula is C16H27N2O5P. The summed E-state index contributed by atoms with van der Waals surface area (Å²) in [7, 11) is -4.53. The minimum Gasteiger partial charge on any atom is -0.325 e. The second kappa shape index (κ2) is 10.6. The lowest BCUT2D eigenvalue weighted by Crippen LogP contribution is -2.36. The van der Waals surface area contributed by atoms with Crippen LogP contribution in [0.15, 0.2) is 24.3 Å². The molecule has 0 spiro atoms. The number of phosphoric acid groups is 1. The van der Waals surface area contributed by atoms with Gasteiger partial charge in [0.25, 0.3) is 0 Å². The normalized spacial score (nSPS) is 12.8. The van der Waals surface area contributed by atoms with E-state index in [2.05, 4.69) is 16.8 Å². The van der Waals surface area contributed by atoms with Gasteiger partial charge in [0, 0.05) is 5.69 Å². The number of anilines is 1. The van der Waals surface area contributed by atoms with Crippen LogP contribution in [0.3, 0.4) is 0 Å². The number of amides is 1. The van der Waals surface area contributed by atoms with Crippen molar-refractivity contribution >= 4 is 19.4 Å². The van der Waals surface area contributed by atoms with Gasteiger partial charge >= 0.3 is 7.82 Å². The fourth-order valence-electron chi connectivity index (χ4n) is 2.23. The average Bonchev–Trinajstić information content (AvgIpc) is 2.50. The van der Waals surface area contributed by atoms with Crippen molar-refractivity contribution in [3.8, 4) is 0 Å². The van der Waals surface area contributed by atoms with E-state index < -0.39 is 19.8 Å². The number of hydrogen-bond donors (Lipinski definition) is 4. The van der Waals surface area contributed by atoms with Crippen molar-refractivity contribution in [2.24, 2.45) is 5.73 Å². The van der Waals surface area contributed by atoms with Crippen molar-refractivity contribution in [1.29, 1.82) is 0 Å². The topological polar surface area (TPSA) is 122 Å². The van der Waals surface area contributed by atoms with E-state index in [4.69, 9.17) is 15.5 Å². The third kappa shape index (κ3) is 9.15. The van der Waals surface area contributed by atoms with E-state index >= 15 is 0 Å². The van der Waals surface area contributed by atoms with Gasteiger partial charge in [0.2, 0.25) is 5.91 Å². The van der Waals surface area contributed by atoms with Crippen LogP contribution in [0, 0.1) is 0 Å². The standard InChI is InChI=1S/C16H27N2O5P/c1-2-3-4-5-7-13-8-6-9-14(12-13)18-16(19)15(17)10-11-23-24(20,21)22/h6,8-9,12,15H,2-5,7,10-11,17H2,1H3,(H,18,19)(H2,20,21,22). The monoisotopic (exact) mass is 358 g/mol. The fraction of sp³-hybridized carbons (Fsp3) is 0.562. The van der Waals surface area contributed by atoms with Crippen LogP contribution in [0.25, 0.3) is 0 Å². The predicted octanol–water partition coefficient (Wildman–Crippen LogP) is 2.57. The summed E-state index contributed by atoms with van der Waals surface area (Å²) in [5.41, 5.74) is 7.52. The van der Waals surface area contributed by atoms with Crippen molar-refractivity contribution in [2.45, 2.75) is 51.5 Å². The molecule has 0 saturated carbocycles.